The van der Waals surface area contributed by atoms with Gasteiger partial charge in [-0.3, -0.25) is 0 Å². The standard InChI is InChI=1S/C17H24O2/c1-16(2)14(11-12-17(16,3)15(18)19)10-9-13-7-5-4-6-8-13/h4-8,14H,9-12H2,1-3H3,(H,18,19)/p-1/t14-,17+/m0/s1. The van der Waals surface area contributed by atoms with E-state index in [0.717, 1.165) is 25.7 Å². The molecular weight excluding hydrogens is 236 g/mol. The fourth-order valence-electron chi connectivity index (χ4n) is 3.45. The maximum atomic E-state index is 11.4. The molecule has 1 aromatic carbocycles. The molecule has 0 spiro atoms. The van der Waals surface area contributed by atoms with Crippen LogP contribution < -0.4 is 5.11 Å². The lowest BCUT2D eigenvalue weighted by atomic mass is 9.65. The Balaban J connectivity index is 2.05. The monoisotopic (exact) mass is 259 g/mol. The van der Waals surface area contributed by atoms with Gasteiger partial charge in [0.15, 0.2) is 0 Å². The van der Waals surface area contributed by atoms with E-state index in [9.17, 15) is 9.90 Å². The molecular formula is C17H23O2-. The van der Waals surface area contributed by atoms with Gasteiger partial charge in [0.2, 0.25) is 0 Å². The summed E-state index contributed by atoms with van der Waals surface area (Å²) in [4.78, 5) is 11.4. The summed E-state index contributed by atoms with van der Waals surface area (Å²) in [5.74, 6) is -0.435. The van der Waals surface area contributed by atoms with Gasteiger partial charge in [-0.05, 0) is 42.6 Å². The van der Waals surface area contributed by atoms with Crippen LogP contribution in [0.2, 0.25) is 0 Å². The minimum Gasteiger partial charge on any atom is -0.550 e. The van der Waals surface area contributed by atoms with Gasteiger partial charge in [-0.25, -0.2) is 0 Å². The molecule has 0 N–H and O–H groups in total. The van der Waals surface area contributed by atoms with Crippen LogP contribution in [0.1, 0.15) is 45.6 Å². The van der Waals surface area contributed by atoms with Crippen LogP contribution in [-0.4, -0.2) is 5.97 Å². The van der Waals surface area contributed by atoms with Crippen molar-refractivity contribution >= 4 is 5.97 Å². The number of carboxylic acid groups (broad SMARTS) is 1. The van der Waals surface area contributed by atoms with E-state index in [1.165, 1.54) is 5.56 Å². The largest absolute Gasteiger partial charge is 0.550 e. The molecule has 0 bridgehead atoms. The molecule has 104 valence electrons. The number of hydrogen-bond acceptors (Lipinski definition) is 2. The predicted molar refractivity (Wildman–Crippen MR) is 74.4 cm³/mol. The van der Waals surface area contributed by atoms with Crippen molar-refractivity contribution in [2.24, 2.45) is 16.7 Å². The van der Waals surface area contributed by atoms with E-state index >= 15 is 0 Å². The summed E-state index contributed by atoms with van der Waals surface area (Å²) in [5.41, 5.74) is 0.454. The molecule has 1 fully saturated rings. The molecule has 2 nitrogen and oxygen atoms in total. The molecule has 19 heavy (non-hydrogen) atoms. The van der Waals surface area contributed by atoms with Crippen LogP contribution in [0.15, 0.2) is 30.3 Å². The Labute approximate surface area is 115 Å². The maximum Gasteiger partial charge on any atom is 0.0478 e. The fourth-order valence-corrected chi connectivity index (χ4v) is 3.45. The van der Waals surface area contributed by atoms with Crippen LogP contribution in [-0.2, 0) is 11.2 Å². The van der Waals surface area contributed by atoms with Gasteiger partial charge < -0.3 is 9.90 Å². The number of rotatable bonds is 4. The molecule has 0 unspecified atom stereocenters. The molecule has 1 aliphatic rings. The second kappa shape index (κ2) is 4.99. The molecule has 0 aromatic heterocycles. The molecule has 1 aromatic rings. The minimum atomic E-state index is -0.889. The van der Waals surface area contributed by atoms with Crippen LogP contribution in [0, 0.1) is 16.7 Å². The van der Waals surface area contributed by atoms with Crippen LogP contribution >= 0.6 is 0 Å². The molecule has 0 aliphatic heterocycles. The first-order chi connectivity index (χ1) is 8.88. The molecule has 2 atom stereocenters. The third-order valence-corrected chi connectivity index (χ3v) is 5.51. The second-order valence-corrected chi connectivity index (χ2v) is 6.60. The number of benzene rings is 1. The summed E-state index contributed by atoms with van der Waals surface area (Å²) >= 11 is 0. The normalized spacial score (nSPS) is 29.3. The molecule has 2 rings (SSSR count). The van der Waals surface area contributed by atoms with Gasteiger partial charge in [0, 0.05) is 11.4 Å². The molecule has 0 heterocycles. The highest BCUT2D eigenvalue weighted by Gasteiger charge is 2.51. The zero-order valence-corrected chi connectivity index (χ0v) is 12.1. The van der Waals surface area contributed by atoms with E-state index in [-0.39, 0.29) is 5.41 Å². The first-order valence-corrected chi connectivity index (χ1v) is 7.13. The summed E-state index contributed by atoms with van der Waals surface area (Å²) in [5, 5.41) is 11.4. The zero-order chi connectivity index (χ0) is 14.1. The van der Waals surface area contributed by atoms with Gasteiger partial charge >= 0.3 is 0 Å². The zero-order valence-electron chi connectivity index (χ0n) is 12.1. The fraction of sp³-hybridized carbons (Fsp3) is 0.588. The van der Waals surface area contributed by atoms with Crippen molar-refractivity contribution in [2.45, 2.75) is 46.5 Å². The molecule has 0 saturated heterocycles. The smallest absolute Gasteiger partial charge is 0.0478 e. The first kappa shape index (κ1) is 14.1. The summed E-state index contributed by atoms with van der Waals surface area (Å²) in [6.45, 7) is 6.03. The quantitative estimate of drug-likeness (QED) is 0.834. The Morgan fingerprint density at radius 1 is 1.26 bits per heavy atom. The van der Waals surface area contributed by atoms with E-state index in [2.05, 4.69) is 38.1 Å². The average molecular weight is 259 g/mol. The summed E-state index contributed by atoms with van der Waals surface area (Å²) in [7, 11) is 0. The van der Waals surface area contributed by atoms with Gasteiger partial charge in [0.1, 0.15) is 0 Å². The topological polar surface area (TPSA) is 40.1 Å². The van der Waals surface area contributed by atoms with Crippen LogP contribution in [0.4, 0.5) is 0 Å². The van der Waals surface area contributed by atoms with Crippen molar-refractivity contribution in [1.82, 2.24) is 0 Å². The van der Waals surface area contributed by atoms with Gasteiger partial charge in [-0.2, -0.15) is 0 Å². The second-order valence-electron chi connectivity index (χ2n) is 6.60. The first-order valence-electron chi connectivity index (χ1n) is 7.13. The number of carbonyl (C=O) groups excluding carboxylic acids is 1. The van der Waals surface area contributed by atoms with Crippen LogP contribution in [0.3, 0.4) is 0 Å². The van der Waals surface area contributed by atoms with Crippen molar-refractivity contribution in [1.29, 1.82) is 0 Å². The lowest BCUT2D eigenvalue weighted by Crippen LogP contribution is -2.48. The summed E-state index contributed by atoms with van der Waals surface area (Å²) in [6.07, 6.45) is 3.81. The van der Waals surface area contributed by atoms with E-state index in [0.29, 0.717) is 5.92 Å². The highest BCUT2D eigenvalue weighted by atomic mass is 16.4. The summed E-state index contributed by atoms with van der Waals surface area (Å²) < 4.78 is 0. The lowest BCUT2D eigenvalue weighted by molar-refractivity contribution is -0.323. The van der Waals surface area contributed by atoms with Crippen molar-refractivity contribution < 1.29 is 9.90 Å². The highest BCUT2D eigenvalue weighted by molar-refractivity contribution is 5.73. The minimum absolute atomic E-state index is 0.194. The Hall–Kier alpha value is -1.31. The number of aliphatic carboxylic acids is 1. The number of carbonyl (C=O) groups is 1. The van der Waals surface area contributed by atoms with E-state index in [1.54, 1.807) is 0 Å². The van der Waals surface area contributed by atoms with Crippen molar-refractivity contribution in [3.05, 3.63) is 35.9 Å². The highest BCUT2D eigenvalue weighted by Crippen LogP contribution is 2.56. The van der Waals surface area contributed by atoms with Gasteiger partial charge in [0.05, 0.1) is 0 Å². The van der Waals surface area contributed by atoms with Crippen LogP contribution in [0.25, 0.3) is 0 Å². The molecule has 1 aliphatic carbocycles. The third-order valence-electron chi connectivity index (χ3n) is 5.51. The Bertz CT molecular complexity index is 450. The van der Waals surface area contributed by atoms with Crippen LogP contribution in [0.5, 0.6) is 0 Å². The number of aryl methyl sites for hydroxylation is 1. The number of hydrogen-bond donors (Lipinski definition) is 0. The van der Waals surface area contributed by atoms with E-state index < -0.39 is 11.4 Å². The van der Waals surface area contributed by atoms with Gasteiger partial charge in [-0.15, -0.1) is 0 Å². The van der Waals surface area contributed by atoms with Crippen molar-refractivity contribution in [2.75, 3.05) is 0 Å². The van der Waals surface area contributed by atoms with Gasteiger partial charge in [-0.1, -0.05) is 51.1 Å². The lowest BCUT2D eigenvalue weighted by Gasteiger charge is -2.42. The third kappa shape index (κ3) is 2.41. The molecule has 1 saturated carbocycles. The Morgan fingerprint density at radius 2 is 1.89 bits per heavy atom. The number of carboxylic acids is 1. The van der Waals surface area contributed by atoms with Crippen molar-refractivity contribution in [3.8, 4) is 0 Å². The molecule has 0 amide bonds. The average Bonchev–Trinajstić information content (AvgIpc) is 2.61. The predicted octanol–water partition coefficient (Wildman–Crippen LogP) is 2.81. The van der Waals surface area contributed by atoms with E-state index in [1.807, 2.05) is 13.0 Å². The molecule has 0 radical (unpaired) electrons. The Morgan fingerprint density at radius 3 is 2.42 bits per heavy atom. The van der Waals surface area contributed by atoms with Gasteiger partial charge in [0.25, 0.3) is 0 Å². The Kier molecular flexibility index (Phi) is 3.71. The summed E-state index contributed by atoms with van der Waals surface area (Å²) in [6, 6.07) is 10.4. The van der Waals surface area contributed by atoms with Crippen molar-refractivity contribution in [3.63, 3.8) is 0 Å². The van der Waals surface area contributed by atoms with E-state index in [4.69, 9.17) is 0 Å². The maximum absolute atomic E-state index is 11.4. The molecule has 2 heteroatoms. The SMILES string of the molecule is CC1(C)[C@@H](CCc2ccccc2)CC[C@]1(C)C(=O)[O-].